The van der Waals surface area contributed by atoms with Gasteiger partial charge in [-0.3, -0.25) is 0 Å². The Morgan fingerprint density at radius 2 is 2.05 bits per heavy atom. The van der Waals surface area contributed by atoms with Crippen molar-refractivity contribution in [2.24, 2.45) is 0 Å². The van der Waals surface area contributed by atoms with Crippen LogP contribution in [0.25, 0.3) is 0 Å². The number of nitrogens with zero attached hydrogens (tertiary/aromatic N) is 1. The van der Waals surface area contributed by atoms with Crippen LogP contribution in [0.15, 0.2) is 18.2 Å². The molecule has 0 bridgehead atoms. The Balaban J connectivity index is 2.74. The van der Waals surface area contributed by atoms with Crippen LogP contribution in [-0.2, 0) is 6.54 Å². The van der Waals surface area contributed by atoms with E-state index in [0.717, 1.165) is 25.3 Å². The van der Waals surface area contributed by atoms with Gasteiger partial charge in [-0.1, -0.05) is 26.3 Å². The van der Waals surface area contributed by atoms with E-state index in [1.165, 1.54) is 24.1 Å². The number of benzene rings is 1. The van der Waals surface area contributed by atoms with Crippen molar-refractivity contribution in [3.8, 4) is 5.75 Å². The van der Waals surface area contributed by atoms with Crippen LogP contribution in [0, 0.1) is 0 Å². The first-order valence-electron chi connectivity index (χ1n) is 7.73. The normalized spacial score (nSPS) is 12.2. The summed E-state index contributed by atoms with van der Waals surface area (Å²) in [4.78, 5) is 2.27. The molecule has 114 valence electrons. The Morgan fingerprint density at radius 3 is 2.65 bits per heavy atom. The van der Waals surface area contributed by atoms with Crippen LogP contribution in [0.1, 0.15) is 45.6 Å². The smallest absolute Gasteiger partial charge is 0.142 e. The maximum Gasteiger partial charge on any atom is 0.142 e. The largest absolute Gasteiger partial charge is 0.495 e. The summed E-state index contributed by atoms with van der Waals surface area (Å²) in [7, 11) is 3.88. The average molecular weight is 278 g/mol. The number of nitrogens with one attached hydrogen (secondary N) is 1. The summed E-state index contributed by atoms with van der Waals surface area (Å²) in [5.41, 5.74) is 2.45. The van der Waals surface area contributed by atoms with Gasteiger partial charge in [-0.2, -0.15) is 0 Å². The molecule has 1 aromatic carbocycles. The Kier molecular flexibility index (Phi) is 7.45. The molecule has 0 saturated heterocycles. The van der Waals surface area contributed by atoms with E-state index in [-0.39, 0.29) is 0 Å². The molecule has 0 heterocycles. The topological polar surface area (TPSA) is 24.5 Å². The lowest BCUT2D eigenvalue weighted by Gasteiger charge is -2.22. The monoisotopic (exact) mass is 278 g/mol. The second-order valence-corrected chi connectivity index (χ2v) is 5.47. The Labute approximate surface area is 124 Å². The number of ether oxygens (including phenoxy) is 1. The van der Waals surface area contributed by atoms with Crippen molar-refractivity contribution in [2.45, 2.75) is 52.6 Å². The highest BCUT2D eigenvalue weighted by Gasteiger charge is 2.09. The van der Waals surface area contributed by atoms with Crippen LogP contribution in [0.2, 0.25) is 0 Å². The summed E-state index contributed by atoms with van der Waals surface area (Å²) in [5, 5.41) is 3.51. The predicted octanol–water partition coefficient (Wildman–Crippen LogP) is 3.82. The first-order valence-corrected chi connectivity index (χ1v) is 7.73. The van der Waals surface area contributed by atoms with Crippen LogP contribution in [0.5, 0.6) is 5.75 Å². The number of rotatable bonds is 9. The minimum atomic E-state index is 0.549. The third-order valence-electron chi connectivity index (χ3n) is 3.77. The van der Waals surface area contributed by atoms with E-state index in [1.54, 1.807) is 7.11 Å². The molecule has 1 atom stereocenters. The van der Waals surface area contributed by atoms with Crippen molar-refractivity contribution >= 4 is 5.69 Å². The molecule has 3 heteroatoms. The minimum absolute atomic E-state index is 0.549. The van der Waals surface area contributed by atoms with Crippen molar-refractivity contribution in [3.63, 3.8) is 0 Å². The highest BCUT2D eigenvalue weighted by Crippen LogP contribution is 2.28. The zero-order valence-electron chi connectivity index (χ0n) is 13.7. The third-order valence-corrected chi connectivity index (χ3v) is 3.77. The van der Waals surface area contributed by atoms with Gasteiger partial charge in [0, 0.05) is 26.2 Å². The first kappa shape index (κ1) is 16.8. The summed E-state index contributed by atoms with van der Waals surface area (Å²) in [5.74, 6) is 0.965. The average Bonchev–Trinajstić information content (AvgIpc) is 2.49. The maximum absolute atomic E-state index is 5.55. The molecule has 0 fully saturated rings. The molecular formula is C17H30N2O. The van der Waals surface area contributed by atoms with Gasteiger partial charge in [-0.05, 0) is 37.5 Å². The number of hydrogen-bond acceptors (Lipinski definition) is 3. The van der Waals surface area contributed by atoms with Gasteiger partial charge in [0.15, 0.2) is 0 Å². The van der Waals surface area contributed by atoms with Crippen LogP contribution in [0.3, 0.4) is 0 Å². The lowest BCUT2D eigenvalue weighted by atomic mass is 10.1. The molecule has 1 N–H and O–H groups in total. The van der Waals surface area contributed by atoms with E-state index >= 15 is 0 Å². The number of unbranched alkanes of at least 4 members (excludes halogenated alkanes) is 1. The fourth-order valence-electron chi connectivity index (χ4n) is 2.10. The minimum Gasteiger partial charge on any atom is -0.495 e. The highest BCUT2D eigenvalue weighted by atomic mass is 16.5. The summed E-state index contributed by atoms with van der Waals surface area (Å²) in [6.45, 7) is 8.59. The number of methoxy groups -OCH3 is 1. The lowest BCUT2D eigenvalue weighted by molar-refractivity contribution is 0.413. The van der Waals surface area contributed by atoms with Gasteiger partial charge in [0.05, 0.1) is 12.8 Å². The molecule has 0 aromatic heterocycles. The molecule has 0 aliphatic heterocycles. The number of anilines is 1. The molecule has 0 saturated carbocycles. The molecule has 0 amide bonds. The van der Waals surface area contributed by atoms with E-state index in [9.17, 15) is 0 Å². The highest BCUT2D eigenvalue weighted by molar-refractivity contribution is 5.59. The zero-order chi connectivity index (χ0) is 15.0. The Morgan fingerprint density at radius 1 is 1.30 bits per heavy atom. The molecule has 1 aromatic rings. The van der Waals surface area contributed by atoms with Crippen molar-refractivity contribution in [1.29, 1.82) is 0 Å². The second-order valence-electron chi connectivity index (χ2n) is 5.47. The zero-order valence-corrected chi connectivity index (χ0v) is 13.7. The van der Waals surface area contributed by atoms with E-state index in [4.69, 9.17) is 4.74 Å². The van der Waals surface area contributed by atoms with E-state index in [0.29, 0.717) is 6.04 Å². The van der Waals surface area contributed by atoms with Crippen molar-refractivity contribution in [1.82, 2.24) is 5.32 Å². The van der Waals surface area contributed by atoms with E-state index < -0.39 is 0 Å². The molecule has 0 radical (unpaired) electrons. The van der Waals surface area contributed by atoms with Gasteiger partial charge in [0.2, 0.25) is 0 Å². The standard InChI is InChI=1S/C17H30N2O/c1-6-8-11-19(4)16-10-9-15(12-17(16)20-5)13-18-14(3)7-2/h9-10,12,14,18H,6-8,11,13H2,1-5H3. The fraction of sp³-hybridized carbons (Fsp3) is 0.647. The maximum atomic E-state index is 5.55. The van der Waals surface area contributed by atoms with Gasteiger partial charge in [-0.25, -0.2) is 0 Å². The SMILES string of the molecule is CCCCN(C)c1ccc(CNC(C)CC)cc1OC. The second kappa shape index (κ2) is 8.85. The fourth-order valence-corrected chi connectivity index (χ4v) is 2.10. The van der Waals surface area contributed by atoms with Crippen LogP contribution in [-0.4, -0.2) is 26.7 Å². The third kappa shape index (κ3) is 5.04. The van der Waals surface area contributed by atoms with Crippen LogP contribution < -0.4 is 15.0 Å². The van der Waals surface area contributed by atoms with Gasteiger partial charge in [-0.15, -0.1) is 0 Å². The molecular weight excluding hydrogens is 248 g/mol. The lowest BCUT2D eigenvalue weighted by Crippen LogP contribution is -2.24. The van der Waals surface area contributed by atoms with Gasteiger partial charge in [0.25, 0.3) is 0 Å². The Bertz CT molecular complexity index is 393. The van der Waals surface area contributed by atoms with Gasteiger partial charge < -0.3 is 15.0 Å². The van der Waals surface area contributed by atoms with E-state index in [2.05, 4.69) is 56.2 Å². The Hall–Kier alpha value is -1.22. The predicted molar refractivity (Wildman–Crippen MR) is 87.8 cm³/mol. The summed E-state index contributed by atoms with van der Waals surface area (Å²) >= 11 is 0. The van der Waals surface area contributed by atoms with E-state index in [1.807, 2.05) is 0 Å². The van der Waals surface area contributed by atoms with Gasteiger partial charge in [0.1, 0.15) is 5.75 Å². The number of hydrogen-bond donors (Lipinski definition) is 1. The van der Waals surface area contributed by atoms with Crippen molar-refractivity contribution in [3.05, 3.63) is 23.8 Å². The molecule has 1 unspecified atom stereocenters. The van der Waals surface area contributed by atoms with Gasteiger partial charge >= 0.3 is 0 Å². The van der Waals surface area contributed by atoms with Crippen molar-refractivity contribution in [2.75, 3.05) is 25.6 Å². The molecule has 0 aliphatic carbocycles. The summed E-state index contributed by atoms with van der Waals surface area (Å²) in [6, 6.07) is 7.05. The molecule has 3 nitrogen and oxygen atoms in total. The quantitative estimate of drug-likeness (QED) is 0.743. The first-order chi connectivity index (χ1) is 9.62. The molecule has 20 heavy (non-hydrogen) atoms. The molecule has 1 rings (SSSR count). The summed E-state index contributed by atoms with van der Waals surface area (Å²) in [6.07, 6.45) is 3.56. The van der Waals surface area contributed by atoms with Crippen molar-refractivity contribution < 1.29 is 4.74 Å². The van der Waals surface area contributed by atoms with Crippen LogP contribution in [0.4, 0.5) is 5.69 Å². The van der Waals surface area contributed by atoms with Crippen LogP contribution >= 0.6 is 0 Å². The summed E-state index contributed by atoms with van der Waals surface area (Å²) < 4.78 is 5.55. The molecule has 0 spiro atoms. The molecule has 0 aliphatic rings.